The van der Waals surface area contributed by atoms with Crippen LogP contribution < -0.4 is 9.64 Å². The second-order valence-electron chi connectivity index (χ2n) is 9.86. The highest BCUT2D eigenvalue weighted by Crippen LogP contribution is 2.60. The van der Waals surface area contributed by atoms with Crippen LogP contribution >= 0.6 is 0 Å². The number of imide groups is 1. The van der Waals surface area contributed by atoms with Crippen molar-refractivity contribution < 1.29 is 23.9 Å². The first-order chi connectivity index (χ1) is 18.1. The van der Waals surface area contributed by atoms with Gasteiger partial charge in [-0.2, -0.15) is 0 Å². The summed E-state index contributed by atoms with van der Waals surface area (Å²) in [6, 6.07) is 25.6. The SMILES string of the molecule is COc1cccc([C@@H]2[C@@H]3C(=O)N(c4ccccc4)C(=O)[C@@H]3[C@@]3(C(=O)OCc4ccccc4)CCCN23)c1. The fourth-order valence-corrected chi connectivity index (χ4v) is 6.53. The van der Waals surface area contributed by atoms with E-state index >= 15 is 0 Å². The number of hydrogen-bond donors (Lipinski definition) is 0. The second kappa shape index (κ2) is 9.16. The molecule has 0 aromatic heterocycles. The van der Waals surface area contributed by atoms with Crippen LogP contribution in [0.2, 0.25) is 0 Å². The zero-order valence-electron chi connectivity index (χ0n) is 20.6. The minimum absolute atomic E-state index is 0.112. The quantitative estimate of drug-likeness (QED) is 0.377. The van der Waals surface area contributed by atoms with Crippen molar-refractivity contribution in [2.45, 2.75) is 31.0 Å². The first kappa shape index (κ1) is 23.4. The van der Waals surface area contributed by atoms with Crippen molar-refractivity contribution in [1.82, 2.24) is 4.90 Å². The van der Waals surface area contributed by atoms with Crippen molar-refractivity contribution in [3.63, 3.8) is 0 Å². The average Bonchev–Trinajstić information content (AvgIpc) is 3.57. The van der Waals surface area contributed by atoms with Gasteiger partial charge in [-0.15, -0.1) is 0 Å². The van der Waals surface area contributed by atoms with E-state index in [0.29, 0.717) is 24.4 Å². The molecular formula is C30H28N2O5. The number of carbonyl (C=O) groups excluding carboxylic acids is 3. The number of nitrogens with zero attached hydrogens (tertiary/aromatic N) is 2. The zero-order valence-corrected chi connectivity index (χ0v) is 20.6. The van der Waals surface area contributed by atoms with E-state index in [1.54, 1.807) is 31.4 Å². The van der Waals surface area contributed by atoms with Crippen LogP contribution in [0.15, 0.2) is 84.9 Å². The Morgan fingerprint density at radius 1 is 0.946 bits per heavy atom. The normalized spacial score (nSPS) is 26.7. The van der Waals surface area contributed by atoms with Gasteiger partial charge >= 0.3 is 5.97 Å². The van der Waals surface area contributed by atoms with Gasteiger partial charge in [0, 0.05) is 6.04 Å². The monoisotopic (exact) mass is 496 g/mol. The lowest BCUT2D eigenvalue weighted by molar-refractivity contribution is -0.161. The summed E-state index contributed by atoms with van der Waals surface area (Å²) in [5, 5.41) is 0. The van der Waals surface area contributed by atoms with E-state index in [4.69, 9.17) is 9.47 Å². The van der Waals surface area contributed by atoms with Crippen LogP contribution in [0.5, 0.6) is 5.75 Å². The number of esters is 1. The molecule has 3 aromatic carbocycles. The molecule has 3 saturated heterocycles. The molecule has 3 fully saturated rings. The molecule has 0 aliphatic carbocycles. The van der Waals surface area contributed by atoms with Crippen molar-refractivity contribution in [3.05, 3.63) is 96.1 Å². The Labute approximate surface area is 215 Å². The van der Waals surface area contributed by atoms with Crippen LogP contribution in [-0.2, 0) is 25.7 Å². The number of rotatable bonds is 6. The van der Waals surface area contributed by atoms with Gasteiger partial charge in [0.2, 0.25) is 11.8 Å². The number of anilines is 1. The van der Waals surface area contributed by atoms with Crippen molar-refractivity contribution in [2.24, 2.45) is 11.8 Å². The summed E-state index contributed by atoms with van der Waals surface area (Å²) in [5.74, 6) is -1.93. The fourth-order valence-electron chi connectivity index (χ4n) is 6.53. The van der Waals surface area contributed by atoms with Gasteiger partial charge in [0.1, 0.15) is 17.9 Å². The van der Waals surface area contributed by atoms with E-state index in [1.165, 1.54) is 4.90 Å². The standard InChI is InChI=1S/C30H28N2O5/c1-36-23-15-8-12-21(18-23)26-24-25(28(34)32(27(24)33)22-13-6-3-7-14-22)30(16-9-17-31(26)30)29(35)37-19-20-10-4-2-5-11-20/h2-8,10-15,18,24-26H,9,16-17,19H2,1H3/t24-,25-,26-,30-/m1/s1. The summed E-state index contributed by atoms with van der Waals surface area (Å²) in [4.78, 5) is 45.4. The van der Waals surface area contributed by atoms with Crippen molar-refractivity contribution >= 4 is 23.5 Å². The molecule has 7 nitrogen and oxygen atoms in total. The second-order valence-corrected chi connectivity index (χ2v) is 9.86. The highest BCUT2D eigenvalue weighted by molar-refractivity contribution is 6.24. The van der Waals surface area contributed by atoms with Crippen molar-refractivity contribution in [3.8, 4) is 5.75 Å². The minimum atomic E-state index is -1.20. The molecule has 2 amide bonds. The largest absolute Gasteiger partial charge is 0.497 e. The molecule has 0 radical (unpaired) electrons. The van der Waals surface area contributed by atoms with Gasteiger partial charge in [-0.3, -0.25) is 19.3 Å². The maximum atomic E-state index is 14.1. The number of fused-ring (bicyclic) bond motifs is 3. The number of carbonyl (C=O) groups is 3. The van der Waals surface area contributed by atoms with Crippen LogP contribution in [-0.4, -0.2) is 41.9 Å². The summed E-state index contributed by atoms with van der Waals surface area (Å²) in [7, 11) is 1.60. The molecule has 4 atom stereocenters. The van der Waals surface area contributed by atoms with Crippen molar-refractivity contribution in [2.75, 3.05) is 18.6 Å². The molecular weight excluding hydrogens is 468 g/mol. The van der Waals surface area contributed by atoms with Crippen LogP contribution in [0.25, 0.3) is 0 Å². The Morgan fingerprint density at radius 3 is 2.41 bits per heavy atom. The number of hydrogen-bond acceptors (Lipinski definition) is 6. The minimum Gasteiger partial charge on any atom is -0.497 e. The summed E-state index contributed by atoms with van der Waals surface area (Å²) in [6.07, 6.45) is 1.20. The van der Waals surface area contributed by atoms with E-state index < -0.39 is 29.4 Å². The number of ether oxygens (including phenoxy) is 2. The van der Waals surface area contributed by atoms with Gasteiger partial charge in [-0.1, -0.05) is 60.7 Å². The van der Waals surface area contributed by atoms with E-state index in [-0.39, 0.29) is 18.4 Å². The first-order valence-corrected chi connectivity index (χ1v) is 12.6. The van der Waals surface area contributed by atoms with E-state index in [0.717, 1.165) is 17.5 Å². The summed E-state index contributed by atoms with van der Waals surface area (Å²) < 4.78 is 11.4. The highest BCUT2D eigenvalue weighted by atomic mass is 16.5. The van der Waals surface area contributed by atoms with Crippen LogP contribution in [0.1, 0.15) is 30.0 Å². The summed E-state index contributed by atoms with van der Waals surface area (Å²) in [5.41, 5.74) is 1.04. The molecule has 7 heteroatoms. The van der Waals surface area contributed by atoms with Crippen LogP contribution in [0, 0.1) is 11.8 Å². The van der Waals surface area contributed by atoms with Gasteiger partial charge in [0.05, 0.1) is 24.6 Å². The first-order valence-electron chi connectivity index (χ1n) is 12.6. The Kier molecular flexibility index (Phi) is 5.80. The third-order valence-corrected chi connectivity index (χ3v) is 8.03. The number of benzene rings is 3. The molecule has 3 aromatic rings. The van der Waals surface area contributed by atoms with Gasteiger partial charge in [-0.25, -0.2) is 4.90 Å². The van der Waals surface area contributed by atoms with Gasteiger partial charge in [0.15, 0.2) is 0 Å². The van der Waals surface area contributed by atoms with Crippen LogP contribution in [0.3, 0.4) is 0 Å². The van der Waals surface area contributed by atoms with Crippen LogP contribution in [0.4, 0.5) is 5.69 Å². The van der Waals surface area contributed by atoms with Gasteiger partial charge < -0.3 is 9.47 Å². The predicted molar refractivity (Wildman–Crippen MR) is 137 cm³/mol. The molecule has 3 heterocycles. The Hall–Kier alpha value is -3.97. The Balaban J connectivity index is 1.45. The number of para-hydroxylation sites is 1. The van der Waals surface area contributed by atoms with Gasteiger partial charge in [0.25, 0.3) is 0 Å². The number of amides is 2. The molecule has 0 unspecified atom stereocenters. The molecule has 0 N–H and O–H groups in total. The summed E-state index contributed by atoms with van der Waals surface area (Å²) in [6.45, 7) is 0.711. The third-order valence-electron chi connectivity index (χ3n) is 8.03. The van der Waals surface area contributed by atoms with E-state index in [2.05, 4.69) is 4.90 Å². The predicted octanol–water partition coefficient (Wildman–Crippen LogP) is 4.13. The van der Waals surface area contributed by atoms with Crippen molar-refractivity contribution in [1.29, 1.82) is 0 Å². The van der Waals surface area contributed by atoms with E-state index in [9.17, 15) is 14.4 Å². The highest BCUT2D eigenvalue weighted by Gasteiger charge is 2.73. The average molecular weight is 497 g/mol. The Bertz CT molecular complexity index is 1340. The molecule has 0 bridgehead atoms. The molecule has 37 heavy (non-hydrogen) atoms. The molecule has 0 saturated carbocycles. The lowest BCUT2D eigenvalue weighted by Gasteiger charge is -2.36. The lowest BCUT2D eigenvalue weighted by atomic mass is 9.77. The third kappa shape index (κ3) is 3.56. The molecule has 6 rings (SSSR count). The topological polar surface area (TPSA) is 76.1 Å². The Morgan fingerprint density at radius 2 is 1.68 bits per heavy atom. The molecule has 3 aliphatic heterocycles. The summed E-state index contributed by atoms with van der Waals surface area (Å²) >= 11 is 0. The zero-order chi connectivity index (χ0) is 25.6. The smallest absolute Gasteiger partial charge is 0.327 e. The maximum absolute atomic E-state index is 14.1. The van der Waals surface area contributed by atoms with E-state index in [1.807, 2.05) is 60.7 Å². The van der Waals surface area contributed by atoms with Gasteiger partial charge in [-0.05, 0) is 54.8 Å². The number of methoxy groups -OCH3 is 1. The molecule has 3 aliphatic rings. The fraction of sp³-hybridized carbons (Fsp3) is 0.300. The molecule has 188 valence electrons. The maximum Gasteiger partial charge on any atom is 0.327 e. The molecule has 0 spiro atoms. The lowest BCUT2D eigenvalue weighted by Crippen LogP contribution is -2.54.